The van der Waals surface area contributed by atoms with E-state index in [-0.39, 0.29) is 5.91 Å². The second kappa shape index (κ2) is 3.45. The molecule has 1 heterocycles. The molecule has 74 valence electrons. The van der Waals surface area contributed by atoms with Gasteiger partial charge in [-0.25, -0.2) is 0 Å². The van der Waals surface area contributed by atoms with Gasteiger partial charge in [0.2, 0.25) is 5.91 Å². The third-order valence-corrected chi connectivity index (χ3v) is 2.80. The fraction of sp³-hybridized carbons (Fsp3) is 0.417. The van der Waals surface area contributed by atoms with Crippen LogP contribution in [0.4, 0.5) is 0 Å². The molecule has 0 spiro atoms. The van der Waals surface area contributed by atoms with Crippen LogP contribution in [-0.4, -0.2) is 17.9 Å². The number of benzene rings is 1. The fourth-order valence-corrected chi connectivity index (χ4v) is 1.92. The minimum Gasteiger partial charge on any atom is -0.341 e. The summed E-state index contributed by atoms with van der Waals surface area (Å²) in [5.41, 5.74) is 3.90. The lowest BCUT2D eigenvalue weighted by Crippen LogP contribution is -2.24. The molecule has 0 saturated heterocycles. The average Bonchev–Trinajstić information content (AvgIpc) is 2.27. The Labute approximate surface area is 84.5 Å². The molecule has 0 aliphatic carbocycles. The highest BCUT2D eigenvalue weighted by Gasteiger charge is 2.16. The van der Waals surface area contributed by atoms with E-state index < -0.39 is 0 Å². The van der Waals surface area contributed by atoms with Crippen molar-refractivity contribution in [3.8, 4) is 0 Å². The highest BCUT2D eigenvalue weighted by atomic mass is 16.2. The van der Waals surface area contributed by atoms with Crippen LogP contribution in [0.5, 0.6) is 0 Å². The van der Waals surface area contributed by atoms with E-state index in [9.17, 15) is 4.79 Å². The number of hydrogen-bond donors (Lipinski definition) is 0. The molecule has 0 bridgehead atoms. The minimum atomic E-state index is 0.249. The largest absolute Gasteiger partial charge is 0.341 e. The topological polar surface area (TPSA) is 20.3 Å². The summed E-state index contributed by atoms with van der Waals surface area (Å²) in [5.74, 6) is 0.249. The van der Waals surface area contributed by atoms with Gasteiger partial charge in [-0.1, -0.05) is 23.8 Å². The molecule has 0 atom stereocenters. The van der Waals surface area contributed by atoms with Gasteiger partial charge in [0, 0.05) is 20.0 Å². The van der Waals surface area contributed by atoms with Gasteiger partial charge in [0.1, 0.15) is 0 Å². The van der Waals surface area contributed by atoms with Crippen LogP contribution in [0.3, 0.4) is 0 Å². The summed E-state index contributed by atoms with van der Waals surface area (Å²) in [6.45, 7) is 2.85. The molecule has 1 aromatic rings. The Kier molecular flexibility index (Phi) is 2.28. The van der Waals surface area contributed by atoms with Crippen molar-refractivity contribution in [3.05, 3.63) is 34.9 Å². The third-order valence-electron chi connectivity index (χ3n) is 2.80. The maximum Gasteiger partial charge on any atom is 0.222 e. The summed E-state index contributed by atoms with van der Waals surface area (Å²) in [6.07, 6.45) is 1.53. The first-order chi connectivity index (χ1) is 6.66. The molecule has 2 rings (SSSR count). The van der Waals surface area contributed by atoms with Gasteiger partial charge in [-0.3, -0.25) is 4.79 Å². The van der Waals surface area contributed by atoms with Crippen molar-refractivity contribution >= 4 is 5.91 Å². The molecule has 0 fully saturated rings. The van der Waals surface area contributed by atoms with Crippen LogP contribution in [0.2, 0.25) is 0 Å². The normalized spacial score (nSPS) is 16.4. The molecule has 0 aromatic heterocycles. The molecule has 14 heavy (non-hydrogen) atoms. The smallest absolute Gasteiger partial charge is 0.222 e. The molecule has 1 aromatic carbocycles. The predicted molar refractivity (Wildman–Crippen MR) is 56.0 cm³/mol. The molecule has 1 aliphatic rings. The first-order valence-corrected chi connectivity index (χ1v) is 4.99. The Hall–Kier alpha value is -1.31. The fourth-order valence-electron chi connectivity index (χ4n) is 1.92. The van der Waals surface area contributed by atoms with Gasteiger partial charge < -0.3 is 4.90 Å². The van der Waals surface area contributed by atoms with Gasteiger partial charge in [-0.05, 0) is 24.5 Å². The van der Waals surface area contributed by atoms with Crippen molar-refractivity contribution in [2.24, 2.45) is 0 Å². The van der Waals surface area contributed by atoms with E-state index in [2.05, 4.69) is 25.1 Å². The van der Waals surface area contributed by atoms with E-state index in [1.165, 1.54) is 16.7 Å². The van der Waals surface area contributed by atoms with Crippen molar-refractivity contribution in [2.75, 3.05) is 7.05 Å². The van der Waals surface area contributed by atoms with E-state index in [4.69, 9.17) is 0 Å². The summed E-state index contributed by atoms with van der Waals surface area (Å²) in [7, 11) is 1.87. The van der Waals surface area contributed by atoms with Crippen molar-refractivity contribution in [2.45, 2.75) is 26.3 Å². The zero-order chi connectivity index (χ0) is 10.1. The van der Waals surface area contributed by atoms with Crippen LogP contribution < -0.4 is 0 Å². The number of nitrogens with zero attached hydrogens (tertiary/aromatic N) is 1. The second-order valence-corrected chi connectivity index (χ2v) is 4.02. The third kappa shape index (κ3) is 1.65. The zero-order valence-corrected chi connectivity index (χ0v) is 8.71. The van der Waals surface area contributed by atoms with E-state index in [1.807, 2.05) is 11.9 Å². The van der Waals surface area contributed by atoms with Crippen molar-refractivity contribution in [1.82, 2.24) is 4.90 Å². The monoisotopic (exact) mass is 189 g/mol. The lowest BCUT2D eigenvalue weighted by atomic mass is 10.0. The summed E-state index contributed by atoms with van der Waals surface area (Å²) in [6, 6.07) is 6.45. The summed E-state index contributed by atoms with van der Waals surface area (Å²) < 4.78 is 0. The highest BCUT2D eigenvalue weighted by molar-refractivity contribution is 5.77. The maximum atomic E-state index is 11.5. The van der Waals surface area contributed by atoms with Crippen LogP contribution in [0.25, 0.3) is 0 Å². The number of carbonyl (C=O) groups excluding carboxylic acids is 1. The van der Waals surface area contributed by atoms with Gasteiger partial charge in [-0.15, -0.1) is 0 Å². The number of amides is 1. The van der Waals surface area contributed by atoms with Gasteiger partial charge in [-0.2, -0.15) is 0 Å². The van der Waals surface area contributed by atoms with E-state index in [0.717, 1.165) is 13.0 Å². The Morgan fingerprint density at radius 3 is 2.79 bits per heavy atom. The zero-order valence-electron chi connectivity index (χ0n) is 8.71. The first-order valence-electron chi connectivity index (χ1n) is 4.99. The Bertz CT molecular complexity index is 371. The molecule has 2 heteroatoms. The number of rotatable bonds is 0. The second-order valence-electron chi connectivity index (χ2n) is 4.02. The summed E-state index contributed by atoms with van der Waals surface area (Å²) >= 11 is 0. The Morgan fingerprint density at radius 1 is 1.21 bits per heavy atom. The predicted octanol–water partition coefficient (Wildman–Crippen LogP) is 1.90. The van der Waals surface area contributed by atoms with Crippen LogP contribution in [0.1, 0.15) is 23.1 Å². The SMILES string of the molecule is Cc1ccc2c(c1)CN(C)C(=O)CC2. The lowest BCUT2D eigenvalue weighted by molar-refractivity contribution is -0.130. The average molecular weight is 189 g/mol. The number of hydrogen-bond acceptors (Lipinski definition) is 1. The summed E-state index contributed by atoms with van der Waals surface area (Å²) in [4.78, 5) is 13.3. The molecule has 0 saturated carbocycles. The molecule has 1 aliphatic heterocycles. The molecular weight excluding hydrogens is 174 g/mol. The number of carbonyl (C=O) groups is 1. The molecule has 0 N–H and O–H groups in total. The van der Waals surface area contributed by atoms with Crippen molar-refractivity contribution < 1.29 is 4.79 Å². The van der Waals surface area contributed by atoms with Crippen LogP contribution in [-0.2, 0) is 17.8 Å². The molecular formula is C12H15NO. The highest BCUT2D eigenvalue weighted by Crippen LogP contribution is 2.19. The quantitative estimate of drug-likeness (QED) is 0.610. The van der Waals surface area contributed by atoms with Gasteiger partial charge in [0.15, 0.2) is 0 Å². The Morgan fingerprint density at radius 2 is 2.00 bits per heavy atom. The van der Waals surface area contributed by atoms with Crippen LogP contribution >= 0.6 is 0 Å². The maximum absolute atomic E-state index is 11.5. The van der Waals surface area contributed by atoms with Crippen LogP contribution in [0.15, 0.2) is 18.2 Å². The number of fused-ring (bicyclic) bond motifs is 1. The molecule has 1 amide bonds. The van der Waals surface area contributed by atoms with E-state index >= 15 is 0 Å². The van der Waals surface area contributed by atoms with Crippen molar-refractivity contribution in [3.63, 3.8) is 0 Å². The van der Waals surface area contributed by atoms with Gasteiger partial charge in [0.25, 0.3) is 0 Å². The summed E-state index contributed by atoms with van der Waals surface area (Å²) in [5, 5.41) is 0. The van der Waals surface area contributed by atoms with Crippen LogP contribution in [0, 0.1) is 6.92 Å². The van der Waals surface area contributed by atoms with Crippen molar-refractivity contribution in [1.29, 1.82) is 0 Å². The standard InChI is InChI=1S/C12H15NO/c1-9-3-4-10-5-6-12(14)13(2)8-11(10)7-9/h3-4,7H,5-6,8H2,1-2H3. The first kappa shape index (κ1) is 9.25. The minimum absolute atomic E-state index is 0.249. The molecule has 0 unspecified atom stereocenters. The molecule has 0 radical (unpaired) electrons. The van der Waals surface area contributed by atoms with Gasteiger partial charge >= 0.3 is 0 Å². The van der Waals surface area contributed by atoms with Gasteiger partial charge in [0.05, 0.1) is 0 Å². The molecule has 2 nitrogen and oxygen atoms in total. The lowest BCUT2D eigenvalue weighted by Gasteiger charge is -2.14. The van der Waals surface area contributed by atoms with E-state index in [0.29, 0.717) is 6.42 Å². The number of aryl methyl sites for hydroxylation is 2. The Balaban J connectivity index is 2.38. The van der Waals surface area contributed by atoms with E-state index in [1.54, 1.807) is 0 Å².